The molecule has 0 aliphatic carbocycles. The predicted octanol–water partition coefficient (Wildman–Crippen LogP) is 5.96. The Kier molecular flexibility index (Phi) is 7.24. The average Bonchev–Trinajstić information content (AvgIpc) is 3.18. The summed E-state index contributed by atoms with van der Waals surface area (Å²) in [7, 11) is 0. The van der Waals surface area contributed by atoms with Gasteiger partial charge in [-0.1, -0.05) is 36.2 Å². The Balaban J connectivity index is 1.50. The highest BCUT2D eigenvalue weighted by molar-refractivity contribution is 7.19. The van der Waals surface area contributed by atoms with E-state index in [0.717, 1.165) is 39.4 Å². The molecule has 0 unspecified atom stereocenters. The summed E-state index contributed by atoms with van der Waals surface area (Å²) in [5.41, 5.74) is 2.08. The molecule has 4 rings (SSSR count). The monoisotopic (exact) mass is 503 g/mol. The Hall–Kier alpha value is -2.19. The van der Waals surface area contributed by atoms with Crippen LogP contribution in [-0.4, -0.2) is 39.4 Å². The molecule has 2 aromatic heterocycles. The first kappa shape index (κ1) is 24.0. The number of nitrogens with zero attached hydrogens (tertiary/aromatic N) is 3. The molecule has 1 aliphatic heterocycles. The Morgan fingerprint density at radius 3 is 2.85 bits per heavy atom. The van der Waals surface area contributed by atoms with Gasteiger partial charge in [-0.25, -0.2) is 9.97 Å². The molecule has 1 aromatic carbocycles. The molecule has 0 spiro atoms. The van der Waals surface area contributed by atoms with Crippen LogP contribution in [0.2, 0.25) is 10.0 Å². The van der Waals surface area contributed by atoms with Crippen molar-refractivity contribution in [2.45, 2.75) is 45.7 Å². The number of nitrogens with one attached hydrogen (secondary N) is 2. The zero-order valence-electron chi connectivity index (χ0n) is 18.9. The fourth-order valence-electron chi connectivity index (χ4n) is 3.65. The second-order valence-electron chi connectivity index (χ2n) is 8.69. The van der Waals surface area contributed by atoms with Crippen LogP contribution in [0.25, 0.3) is 10.2 Å². The molecule has 1 aliphatic rings. The minimum absolute atomic E-state index is 0.0365. The first-order valence-electron chi connectivity index (χ1n) is 10.9. The molecular formula is C24H27Cl2N5OS. The van der Waals surface area contributed by atoms with Gasteiger partial charge in [-0.3, -0.25) is 4.79 Å². The van der Waals surface area contributed by atoms with E-state index in [9.17, 15) is 4.79 Å². The van der Waals surface area contributed by atoms with Crippen LogP contribution in [0.4, 0.5) is 11.5 Å². The second kappa shape index (κ2) is 9.97. The molecule has 0 atom stereocenters. The van der Waals surface area contributed by atoms with Gasteiger partial charge in [-0.15, -0.1) is 11.3 Å². The summed E-state index contributed by atoms with van der Waals surface area (Å²) >= 11 is 13.8. The minimum atomic E-state index is 0.0365. The number of aromatic nitrogens is 2. The largest absolute Gasteiger partial charge is 0.340 e. The summed E-state index contributed by atoms with van der Waals surface area (Å²) in [5, 5.41) is 8.79. The van der Waals surface area contributed by atoms with Crippen molar-refractivity contribution < 1.29 is 4.79 Å². The van der Waals surface area contributed by atoms with Crippen LogP contribution in [0.15, 0.2) is 36.7 Å². The average molecular weight is 504 g/mol. The summed E-state index contributed by atoms with van der Waals surface area (Å²) in [5.74, 6) is 0.773. The molecule has 3 aromatic rings. The van der Waals surface area contributed by atoms with E-state index in [4.69, 9.17) is 23.2 Å². The summed E-state index contributed by atoms with van der Waals surface area (Å²) in [4.78, 5) is 25.6. The molecule has 33 heavy (non-hydrogen) atoms. The van der Waals surface area contributed by atoms with Gasteiger partial charge in [0.25, 0.3) is 0 Å². The summed E-state index contributed by atoms with van der Waals surface area (Å²) in [6.45, 7) is 8.38. The zero-order chi connectivity index (χ0) is 23.6. The standard InChI is InChI=1S/C24H27Cl2N5OS/c1-4-24(2,3)29-10-5-6-20(32)31-11-9-16-19(13-31)33-23-21(16)22(27-14-28-23)30-15-7-8-17(25)18(26)12-15/h5-8,12,14,29H,4,9-11,13H2,1-3H3,(H,27,28,30). The highest BCUT2D eigenvalue weighted by atomic mass is 35.5. The molecule has 0 fully saturated rings. The predicted molar refractivity (Wildman–Crippen MR) is 138 cm³/mol. The van der Waals surface area contributed by atoms with Crippen LogP contribution < -0.4 is 10.6 Å². The Labute approximate surface area is 208 Å². The third-order valence-electron chi connectivity index (χ3n) is 5.97. The van der Waals surface area contributed by atoms with Crippen LogP contribution >= 0.6 is 34.5 Å². The van der Waals surface area contributed by atoms with Crippen molar-refractivity contribution in [2.75, 3.05) is 18.4 Å². The minimum Gasteiger partial charge on any atom is -0.340 e. The Morgan fingerprint density at radius 2 is 2.09 bits per heavy atom. The lowest BCUT2D eigenvalue weighted by atomic mass is 10.0. The van der Waals surface area contributed by atoms with Crippen molar-refractivity contribution in [3.63, 3.8) is 0 Å². The lowest BCUT2D eigenvalue weighted by Crippen LogP contribution is -2.38. The topological polar surface area (TPSA) is 70.2 Å². The SMILES string of the molecule is CCC(C)(C)NCC=CC(=O)N1CCc2c(sc3ncnc(Nc4ccc(Cl)c(Cl)c4)c23)C1. The van der Waals surface area contributed by atoms with Gasteiger partial charge in [0.2, 0.25) is 5.91 Å². The van der Waals surface area contributed by atoms with E-state index in [0.29, 0.717) is 29.7 Å². The van der Waals surface area contributed by atoms with Crippen LogP contribution in [-0.2, 0) is 17.8 Å². The van der Waals surface area contributed by atoms with E-state index in [-0.39, 0.29) is 11.4 Å². The Morgan fingerprint density at radius 1 is 1.27 bits per heavy atom. The number of carbonyl (C=O) groups is 1. The number of thiophene rings is 1. The second-order valence-corrected chi connectivity index (χ2v) is 10.6. The lowest BCUT2D eigenvalue weighted by molar-refractivity contribution is -0.126. The van der Waals surface area contributed by atoms with Gasteiger partial charge in [0, 0.05) is 35.3 Å². The molecular weight excluding hydrogens is 477 g/mol. The highest BCUT2D eigenvalue weighted by Gasteiger charge is 2.25. The maximum absolute atomic E-state index is 12.7. The molecule has 1 amide bonds. The normalized spacial score (nSPS) is 14.2. The number of halogens is 2. The zero-order valence-corrected chi connectivity index (χ0v) is 21.2. The molecule has 3 heterocycles. The smallest absolute Gasteiger partial charge is 0.246 e. The molecule has 6 nitrogen and oxygen atoms in total. The molecule has 0 radical (unpaired) electrons. The van der Waals surface area contributed by atoms with Gasteiger partial charge in [-0.2, -0.15) is 0 Å². The number of hydrogen-bond donors (Lipinski definition) is 2. The van der Waals surface area contributed by atoms with E-state index in [1.165, 1.54) is 5.56 Å². The van der Waals surface area contributed by atoms with Gasteiger partial charge in [0.1, 0.15) is 17.0 Å². The van der Waals surface area contributed by atoms with E-state index >= 15 is 0 Å². The summed E-state index contributed by atoms with van der Waals surface area (Å²) in [6.07, 6.45) is 6.93. The van der Waals surface area contributed by atoms with Crippen LogP contribution in [0, 0.1) is 0 Å². The number of benzene rings is 1. The number of amides is 1. The molecule has 2 N–H and O–H groups in total. The maximum atomic E-state index is 12.7. The third kappa shape index (κ3) is 5.49. The lowest BCUT2D eigenvalue weighted by Gasteiger charge is -2.26. The summed E-state index contributed by atoms with van der Waals surface area (Å²) in [6, 6.07) is 5.40. The van der Waals surface area contributed by atoms with Gasteiger partial charge < -0.3 is 15.5 Å². The van der Waals surface area contributed by atoms with E-state index < -0.39 is 0 Å². The maximum Gasteiger partial charge on any atom is 0.246 e. The van der Waals surface area contributed by atoms with Crippen molar-refractivity contribution in [1.82, 2.24) is 20.2 Å². The number of anilines is 2. The number of carbonyl (C=O) groups excluding carboxylic acids is 1. The third-order valence-corrected chi connectivity index (χ3v) is 7.84. The fraction of sp³-hybridized carbons (Fsp3) is 0.375. The van der Waals surface area contributed by atoms with Crippen LogP contribution in [0.5, 0.6) is 0 Å². The van der Waals surface area contributed by atoms with Gasteiger partial charge in [0.15, 0.2) is 0 Å². The molecule has 9 heteroatoms. The van der Waals surface area contributed by atoms with Crippen molar-refractivity contribution >= 4 is 62.2 Å². The van der Waals surface area contributed by atoms with E-state index in [2.05, 4.69) is 41.4 Å². The number of fused-ring (bicyclic) bond motifs is 3. The fourth-order valence-corrected chi connectivity index (χ4v) is 5.15. The highest BCUT2D eigenvalue weighted by Crippen LogP contribution is 2.38. The Bertz CT molecular complexity index is 1210. The van der Waals surface area contributed by atoms with Crippen molar-refractivity contribution in [2.24, 2.45) is 0 Å². The summed E-state index contributed by atoms with van der Waals surface area (Å²) < 4.78 is 0. The molecule has 174 valence electrons. The van der Waals surface area contributed by atoms with Gasteiger partial charge in [0.05, 0.1) is 22.0 Å². The van der Waals surface area contributed by atoms with Crippen LogP contribution in [0.1, 0.15) is 37.6 Å². The first-order chi connectivity index (χ1) is 15.8. The van der Waals surface area contributed by atoms with E-state index in [1.54, 1.807) is 35.9 Å². The molecule has 0 bridgehead atoms. The van der Waals surface area contributed by atoms with Crippen LogP contribution in [0.3, 0.4) is 0 Å². The quantitative estimate of drug-likeness (QED) is 0.389. The molecule has 0 saturated carbocycles. The number of hydrogen-bond acceptors (Lipinski definition) is 6. The molecule has 0 saturated heterocycles. The van der Waals surface area contributed by atoms with E-state index in [1.807, 2.05) is 17.0 Å². The number of rotatable bonds is 7. The first-order valence-corrected chi connectivity index (χ1v) is 12.5. The van der Waals surface area contributed by atoms with Crippen molar-refractivity contribution in [1.29, 1.82) is 0 Å². The van der Waals surface area contributed by atoms with Gasteiger partial charge >= 0.3 is 0 Å². The van der Waals surface area contributed by atoms with Crippen molar-refractivity contribution in [3.8, 4) is 0 Å². The van der Waals surface area contributed by atoms with Crippen molar-refractivity contribution in [3.05, 3.63) is 57.2 Å². The van der Waals surface area contributed by atoms with Gasteiger partial charge in [-0.05, 0) is 50.5 Å².